The van der Waals surface area contributed by atoms with Crippen LogP contribution in [-0.4, -0.2) is 15.9 Å². The molecule has 1 aromatic heterocycles. The summed E-state index contributed by atoms with van der Waals surface area (Å²) in [5.41, 5.74) is 5.62. The van der Waals surface area contributed by atoms with E-state index >= 15 is 0 Å². The minimum absolute atomic E-state index is 0.160. The summed E-state index contributed by atoms with van der Waals surface area (Å²) in [4.78, 5) is 4.27. The smallest absolute Gasteiger partial charge is 0.243 e. The fourth-order valence-corrected chi connectivity index (χ4v) is 2.54. The number of rotatable bonds is 2. The first-order chi connectivity index (χ1) is 6.27. The molecule has 0 aromatic carbocycles. The van der Waals surface area contributed by atoms with Crippen LogP contribution < -0.4 is 5.73 Å². The van der Waals surface area contributed by atoms with Gasteiger partial charge >= 0.3 is 0 Å². The highest BCUT2D eigenvalue weighted by Gasteiger charge is 2.23. The number of nitrogens with zero attached hydrogens (tertiary/aromatic N) is 2. The van der Waals surface area contributed by atoms with Gasteiger partial charge in [-0.2, -0.15) is 16.7 Å². The Morgan fingerprint density at radius 1 is 1.69 bits per heavy atom. The zero-order valence-corrected chi connectivity index (χ0v) is 8.38. The highest BCUT2D eigenvalue weighted by atomic mass is 32.2. The van der Waals surface area contributed by atoms with Gasteiger partial charge in [0.25, 0.3) is 0 Å². The first-order valence-electron chi connectivity index (χ1n) is 4.48. The van der Waals surface area contributed by atoms with Gasteiger partial charge in [0.1, 0.15) is 0 Å². The topological polar surface area (TPSA) is 64.9 Å². The van der Waals surface area contributed by atoms with Gasteiger partial charge in [0.15, 0.2) is 5.82 Å². The third-order valence-corrected chi connectivity index (χ3v) is 3.44. The molecule has 72 valence electrons. The van der Waals surface area contributed by atoms with Crippen molar-refractivity contribution in [1.29, 1.82) is 0 Å². The van der Waals surface area contributed by atoms with Crippen LogP contribution in [0.25, 0.3) is 0 Å². The molecule has 0 aliphatic carbocycles. The van der Waals surface area contributed by atoms with E-state index in [9.17, 15) is 0 Å². The first kappa shape index (κ1) is 9.02. The van der Waals surface area contributed by atoms with E-state index < -0.39 is 0 Å². The summed E-state index contributed by atoms with van der Waals surface area (Å²) in [5.74, 6) is 2.56. The monoisotopic (exact) mass is 199 g/mol. The summed E-state index contributed by atoms with van der Waals surface area (Å²) >= 11 is 1.89. The van der Waals surface area contributed by atoms with E-state index in [-0.39, 0.29) is 6.04 Å². The van der Waals surface area contributed by atoms with Crippen LogP contribution in [-0.2, 0) is 0 Å². The molecule has 4 nitrogen and oxygen atoms in total. The lowest BCUT2D eigenvalue weighted by Crippen LogP contribution is -2.05. The highest BCUT2D eigenvalue weighted by Crippen LogP contribution is 2.38. The van der Waals surface area contributed by atoms with E-state index in [1.54, 1.807) is 0 Å². The maximum atomic E-state index is 5.62. The number of aromatic nitrogens is 2. The molecular formula is C8H13N3OS. The summed E-state index contributed by atoms with van der Waals surface area (Å²) in [6.45, 7) is 1.85. The first-order valence-corrected chi connectivity index (χ1v) is 5.53. The molecule has 5 heteroatoms. The van der Waals surface area contributed by atoms with Crippen LogP contribution in [0.2, 0.25) is 0 Å². The molecule has 2 heterocycles. The fourth-order valence-electron chi connectivity index (χ4n) is 1.34. The van der Waals surface area contributed by atoms with Gasteiger partial charge in [-0.25, -0.2) is 0 Å². The Morgan fingerprint density at radius 3 is 3.08 bits per heavy atom. The fraction of sp³-hybridized carbons (Fsp3) is 0.750. The van der Waals surface area contributed by atoms with Crippen LogP contribution in [0, 0.1) is 0 Å². The SMILES string of the molecule is C[C@@H](N)c1nc(C2CCCS2)no1. The second-order valence-corrected chi connectivity index (χ2v) is 4.59. The Morgan fingerprint density at radius 2 is 2.54 bits per heavy atom. The lowest BCUT2D eigenvalue weighted by atomic mass is 10.2. The Bertz CT molecular complexity index is 281. The van der Waals surface area contributed by atoms with E-state index in [0.29, 0.717) is 11.1 Å². The van der Waals surface area contributed by atoms with E-state index in [2.05, 4.69) is 10.1 Å². The maximum absolute atomic E-state index is 5.62. The molecule has 1 fully saturated rings. The van der Waals surface area contributed by atoms with Crippen molar-refractivity contribution in [3.8, 4) is 0 Å². The van der Waals surface area contributed by atoms with E-state index in [1.165, 1.54) is 12.2 Å². The zero-order valence-electron chi connectivity index (χ0n) is 7.56. The van der Waals surface area contributed by atoms with Crippen LogP contribution in [0.15, 0.2) is 4.52 Å². The van der Waals surface area contributed by atoms with Crippen molar-refractivity contribution in [2.24, 2.45) is 5.73 Å². The minimum atomic E-state index is -0.160. The molecule has 1 unspecified atom stereocenters. The van der Waals surface area contributed by atoms with Gasteiger partial charge in [0.05, 0.1) is 11.3 Å². The number of thioether (sulfide) groups is 1. The van der Waals surface area contributed by atoms with Crippen LogP contribution >= 0.6 is 11.8 Å². The molecule has 0 amide bonds. The molecule has 0 radical (unpaired) electrons. The molecule has 0 spiro atoms. The van der Waals surface area contributed by atoms with Gasteiger partial charge in [0.2, 0.25) is 5.89 Å². The third kappa shape index (κ3) is 1.86. The Kier molecular flexibility index (Phi) is 2.55. The molecule has 2 atom stereocenters. The second kappa shape index (κ2) is 3.67. The van der Waals surface area contributed by atoms with Gasteiger partial charge in [-0.05, 0) is 25.5 Å². The van der Waals surface area contributed by atoms with E-state index in [4.69, 9.17) is 10.3 Å². The maximum Gasteiger partial charge on any atom is 0.243 e. The second-order valence-electron chi connectivity index (χ2n) is 3.28. The van der Waals surface area contributed by atoms with Crippen molar-refractivity contribution in [3.05, 3.63) is 11.7 Å². The number of hydrogen-bond acceptors (Lipinski definition) is 5. The average Bonchev–Trinajstić information content (AvgIpc) is 2.75. The van der Waals surface area contributed by atoms with Gasteiger partial charge < -0.3 is 10.3 Å². The van der Waals surface area contributed by atoms with Crippen molar-refractivity contribution < 1.29 is 4.52 Å². The van der Waals surface area contributed by atoms with Gasteiger partial charge in [-0.1, -0.05) is 5.16 Å². The van der Waals surface area contributed by atoms with Crippen LogP contribution in [0.5, 0.6) is 0 Å². The van der Waals surface area contributed by atoms with Crippen molar-refractivity contribution >= 4 is 11.8 Å². The molecule has 2 N–H and O–H groups in total. The van der Waals surface area contributed by atoms with Gasteiger partial charge in [0, 0.05) is 0 Å². The molecule has 2 rings (SSSR count). The highest BCUT2D eigenvalue weighted by molar-refractivity contribution is 7.99. The molecule has 0 bridgehead atoms. The standard InChI is InChI=1S/C8H13N3OS/c1-5(9)8-10-7(11-12-8)6-3-2-4-13-6/h5-6H,2-4,9H2,1H3/t5-,6?/m1/s1. The summed E-state index contributed by atoms with van der Waals surface area (Å²) in [7, 11) is 0. The molecule has 1 aromatic rings. The summed E-state index contributed by atoms with van der Waals surface area (Å²) in [5, 5.41) is 4.36. The molecule has 13 heavy (non-hydrogen) atoms. The zero-order chi connectivity index (χ0) is 9.26. The molecule has 1 aliphatic heterocycles. The van der Waals surface area contributed by atoms with Crippen LogP contribution in [0.1, 0.15) is 42.8 Å². The van der Waals surface area contributed by atoms with E-state index in [1.807, 2.05) is 18.7 Å². The Balaban J connectivity index is 2.12. The molecule has 0 saturated carbocycles. The predicted molar refractivity (Wildman–Crippen MR) is 51.3 cm³/mol. The summed E-state index contributed by atoms with van der Waals surface area (Å²) < 4.78 is 5.04. The largest absolute Gasteiger partial charge is 0.338 e. The van der Waals surface area contributed by atoms with Crippen molar-refractivity contribution in [3.63, 3.8) is 0 Å². The van der Waals surface area contributed by atoms with Crippen molar-refractivity contribution in [2.75, 3.05) is 5.75 Å². The molecular weight excluding hydrogens is 186 g/mol. The third-order valence-electron chi connectivity index (χ3n) is 2.06. The van der Waals surface area contributed by atoms with Gasteiger partial charge in [-0.15, -0.1) is 0 Å². The molecule has 1 aliphatic rings. The summed E-state index contributed by atoms with van der Waals surface area (Å²) in [6, 6.07) is -0.160. The van der Waals surface area contributed by atoms with Crippen molar-refractivity contribution in [1.82, 2.24) is 10.1 Å². The average molecular weight is 199 g/mol. The lowest BCUT2D eigenvalue weighted by molar-refractivity contribution is 0.357. The normalized spacial score (nSPS) is 24.9. The minimum Gasteiger partial charge on any atom is -0.338 e. The number of hydrogen-bond donors (Lipinski definition) is 1. The summed E-state index contributed by atoms with van der Waals surface area (Å²) in [6.07, 6.45) is 2.40. The predicted octanol–water partition coefficient (Wildman–Crippen LogP) is 1.66. The lowest BCUT2D eigenvalue weighted by Gasteiger charge is -1.99. The Labute approximate surface area is 81.3 Å². The van der Waals surface area contributed by atoms with Crippen LogP contribution in [0.4, 0.5) is 0 Å². The van der Waals surface area contributed by atoms with Crippen LogP contribution in [0.3, 0.4) is 0 Å². The van der Waals surface area contributed by atoms with Crippen molar-refractivity contribution in [2.45, 2.75) is 31.1 Å². The van der Waals surface area contributed by atoms with Gasteiger partial charge in [-0.3, -0.25) is 0 Å². The number of nitrogens with two attached hydrogens (primary N) is 1. The molecule has 1 saturated heterocycles. The Hall–Kier alpha value is -0.550. The van der Waals surface area contributed by atoms with E-state index in [0.717, 1.165) is 12.2 Å². The quantitative estimate of drug-likeness (QED) is 0.784.